The summed E-state index contributed by atoms with van der Waals surface area (Å²) < 4.78 is 5.38. The molecule has 0 saturated heterocycles. The topological polar surface area (TPSA) is 58.6 Å². The highest BCUT2D eigenvalue weighted by Crippen LogP contribution is 2.28. The molecule has 0 heterocycles. The molecule has 0 bridgehead atoms. The van der Waals surface area contributed by atoms with Crippen molar-refractivity contribution in [2.75, 3.05) is 13.1 Å². The fourth-order valence-corrected chi connectivity index (χ4v) is 3.22. The van der Waals surface area contributed by atoms with Crippen LogP contribution in [0.1, 0.15) is 73.1 Å². The molecule has 0 aromatic carbocycles. The van der Waals surface area contributed by atoms with E-state index in [0.29, 0.717) is 25.4 Å². The maximum atomic E-state index is 12.5. The van der Waals surface area contributed by atoms with E-state index in [9.17, 15) is 9.59 Å². The SMILES string of the molecule is CCN(CC)C(=O)CC(NC(=O)OC(C)(C)C)C1CCCCC1. The van der Waals surface area contributed by atoms with Crippen LogP contribution in [0.4, 0.5) is 4.79 Å². The summed E-state index contributed by atoms with van der Waals surface area (Å²) in [6.45, 7) is 10.9. The summed E-state index contributed by atoms with van der Waals surface area (Å²) in [6, 6.07) is -0.127. The van der Waals surface area contributed by atoms with Crippen molar-refractivity contribution in [1.29, 1.82) is 0 Å². The first-order chi connectivity index (χ1) is 10.8. The smallest absolute Gasteiger partial charge is 0.407 e. The molecule has 1 rings (SSSR count). The van der Waals surface area contributed by atoms with Crippen molar-refractivity contribution in [3.8, 4) is 0 Å². The highest BCUT2D eigenvalue weighted by atomic mass is 16.6. The standard InChI is InChI=1S/C18H34N2O3/c1-6-20(7-2)16(21)13-15(14-11-9-8-10-12-14)19-17(22)23-18(3,4)5/h14-15H,6-13H2,1-5H3,(H,19,22). The number of nitrogens with one attached hydrogen (secondary N) is 1. The molecule has 1 aliphatic rings. The van der Waals surface area contributed by atoms with Crippen molar-refractivity contribution < 1.29 is 14.3 Å². The van der Waals surface area contributed by atoms with E-state index in [4.69, 9.17) is 4.74 Å². The maximum Gasteiger partial charge on any atom is 0.407 e. The minimum absolute atomic E-state index is 0.113. The highest BCUT2D eigenvalue weighted by Gasteiger charge is 2.29. The number of hydrogen-bond donors (Lipinski definition) is 1. The summed E-state index contributed by atoms with van der Waals surface area (Å²) in [4.78, 5) is 26.4. The van der Waals surface area contributed by atoms with Crippen molar-refractivity contribution >= 4 is 12.0 Å². The minimum Gasteiger partial charge on any atom is -0.444 e. The first kappa shape index (κ1) is 19.8. The summed E-state index contributed by atoms with van der Waals surface area (Å²) in [7, 11) is 0. The number of hydrogen-bond acceptors (Lipinski definition) is 3. The van der Waals surface area contributed by atoms with Gasteiger partial charge in [-0.15, -0.1) is 0 Å². The second-order valence-electron chi connectivity index (χ2n) is 7.42. The fraction of sp³-hybridized carbons (Fsp3) is 0.889. The number of rotatable bonds is 6. The van der Waals surface area contributed by atoms with E-state index in [0.717, 1.165) is 12.8 Å². The summed E-state index contributed by atoms with van der Waals surface area (Å²) >= 11 is 0. The van der Waals surface area contributed by atoms with Gasteiger partial charge in [0, 0.05) is 25.6 Å². The molecule has 23 heavy (non-hydrogen) atoms. The monoisotopic (exact) mass is 326 g/mol. The quantitative estimate of drug-likeness (QED) is 0.809. The van der Waals surface area contributed by atoms with Crippen LogP contribution in [0.3, 0.4) is 0 Å². The average Bonchev–Trinajstić information content (AvgIpc) is 2.47. The Kier molecular flexibility index (Phi) is 7.86. The second kappa shape index (κ2) is 9.14. The molecule has 5 heteroatoms. The maximum absolute atomic E-state index is 12.5. The van der Waals surface area contributed by atoms with Crippen molar-refractivity contribution in [1.82, 2.24) is 10.2 Å². The Morgan fingerprint density at radius 2 is 1.70 bits per heavy atom. The normalized spacial score (nSPS) is 17.4. The molecular weight excluding hydrogens is 292 g/mol. The first-order valence-electron chi connectivity index (χ1n) is 9.04. The van der Waals surface area contributed by atoms with Crippen LogP contribution in [0.15, 0.2) is 0 Å². The van der Waals surface area contributed by atoms with Gasteiger partial charge in [0.15, 0.2) is 0 Å². The van der Waals surface area contributed by atoms with Gasteiger partial charge in [-0.3, -0.25) is 4.79 Å². The molecule has 1 atom stereocenters. The summed E-state index contributed by atoms with van der Waals surface area (Å²) in [5.74, 6) is 0.484. The number of carbonyl (C=O) groups is 2. The Bertz CT molecular complexity index is 380. The van der Waals surface area contributed by atoms with Gasteiger partial charge >= 0.3 is 6.09 Å². The minimum atomic E-state index is -0.524. The van der Waals surface area contributed by atoms with Gasteiger partial charge in [-0.25, -0.2) is 4.79 Å². The summed E-state index contributed by atoms with van der Waals surface area (Å²) in [6.07, 6.45) is 5.71. The van der Waals surface area contributed by atoms with E-state index in [1.165, 1.54) is 19.3 Å². The summed E-state index contributed by atoms with van der Waals surface area (Å²) in [5, 5.41) is 2.97. The molecule has 5 nitrogen and oxygen atoms in total. The second-order valence-corrected chi connectivity index (χ2v) is 7.42. The third kappa shape index (κ3) is 7.23. The van der Waals surface area contributed by atoms with Gasteiger partial charge in [-0.05, 0) is 53.4 Å². The van der Waals surface area contributed by atoms with E-state index >= 15 is 0 Å². The van der Waals surface area contributed by atoms with Crippen molar-refractivity contribution in [2.24, 2.45) is 5.92 Å². The number of nitrogens with zero attached hydrogens (tertiary/aromatic N) is 1. The molecular formula is C18H34N2O3. The van der Waals surface area contributed by atoms with Crippen LogP contribution in [0.2, 0.25) is 0 Å². The molecule has 1 saturated carbocycles. The zero-order valence-electron chi connectivity index (χ0n) is 15.5. The van der Waals surface area contributed by atoms with E-state index in [-0.39, 0.29) is 11.9 Å². The molecule has 0 aromatic rings. The van der Waals surface area contributed by atoms with Crippen LogP contribution < -0.4 is 5.32 Å². The van der Waals surface area contributed by atoms with Gasteiger partial charge in [0.1, 0.15) is 5.60 Å². The molecule has 1 fully saturated rings. The zero-order chi connectivity index (χ0) is 17.5. The van der Waals surface area contributed by atoms with E-state index in [1.54, 1.807) is 0 Å². The molecule has 1 unspecified atom stereocenters. The van der Waals surface area contributed by atoms with Gasteiger partial charge in [0.2, 0.25) is 5.91 Å². The van der Waals surface area contributed by atoms with Gasteiger partial charge in [0.05, 0.1) is 0 Å². The van der Waals surface area contributed by atoms with E-state index in [1.807, 2.05) is 39.5 Å². The van der Waals surface area contributed by atoms with Gasteiger partial charge in [-0.2, -0.15) is 0 Å². The zero-order valence-corrected chi connectivity index (χ0v) is 15.5. The van der Waals surface area contributed by atoms with E-state index < -0.39 is 11.7 Å². The predicted molar refractivity (Wildman–Crippen MR) is 92.3 cm³/mol. The Hall–Kier alpha value is -1.26. The number of alkyl carbamates (subject to hydrolysis) is 1. The van der Waals surface area contributed by atoms with E-state index in [2.05, 4.69) is 5.32 Å². The van der Waals surface area contributed by atoms with Crippen LogP contribution >= 0.6 is 0 Å². The lowest BCUT2D eigenvalue weighted by atomic mass is 9.82. The average molecular weight is 326 g/mol. The van der Waals surface area contributed by atoms with Crippen LogP contribution in [0.25, 0.3) is 0 Å². The van der Waals surface area contributed by atoms with Crippen LogP contribution in [-0.4, -0.2) is 41.6 Å². The lowest BCUT2D eigenvalue weighted by Crippen LogP contribution is -2.46. The van der Waals surface area contributed by atoms with Gasteiger partial charge < -0.3 is 15.0 Å². The van der Waals surface area contributed by atoms with Crippen LogP contribution in [0.5, 0.6) is 0 Å². The Morgan fingerprint density at radius 3 is 2.17 bits per heavy atom. The van der Waals surface area contributed by atoms with Crippen LogP contribution in [0, 0.1) is 5.92 Å². The first-order valence-corrected chi connectivity index (χ1v) is 9.04. The molecule has 134 valence electrons. The number of amides is 2. The van der Waals surface area contributed by atoms with Crippen LogP contribution in [-0.2, 0) is 9.53 Å². The lowest BCUT2D eigenvalue weighted by molar-refractivity contribution is -0.131. The highest BCUT2D eigenvalue weighted by molar-refractivity contribution is 5.78. The Labute approximate surface area is 141 Å². The fourth-order valence-electron chi connectivity index (χ4n) is 3.22. The predicted octanol–water partition coefficient (Wildman–Crippen LogP) is 3.72. The molecule has 1 aliphatic carbocycles. The molecule has 0 spiro atoms. The Morgan fingerprint density at radius 1 is 1.13 bits per heavy atom. The largest absolute Gasteiger partial charge is 0.444 e. The van der Waals surface area contributed by atoms with Gasteiger partial charge in [-0.1, -0.05) is 19.3 Å². The molecule has 0 aliphatic heterocycles. The van der Waals surface area contributed by atoms with Crippen molar-refractivity contribution in [3.63, 3.8) is 0 Å². The van der Waals surface area contributed by atoms with Crippen molar-refractivity contribution in [3.05, 3.63) is 0 Å². The Balaban J connectivity index is 2.72. The third-order valence-electron chi connectivity index (χ3n) is 4.43. The molecule has 0 aromatic heterocycles. The lowest BCUT2D eigenvalue weighted by Gasteiger charge is -2.32. The molecule has 2 amide bonds. The summed E-state index contributed by atoms with van der Waals surface area (Å²) in [5.41, 5.74) is -0.524. The molecule has 1 N–H and O–H groups in total. The van der Waals surface area contributed by atoms with Crippen molar-refractivity contribution in [2.45, 2.75) is 84.8 Å². The number of carbonyl (C=O) groups excluding carboxylic acids is 2. The van der Waals surface area contributed by atoms with Gasteiger partial charge in [0.25, 0.3) is 0 Å². The third-order valence-corrected chi connectivity index (χ3v) is 4.43. The molecule has 0 radical (unpaired) electrons. The number of ether oxygens (including phenoxy) is 1.